The molecule has 0 spiro atoms. The van der Waals surface area contributed by atoms with Gasteiger partial charge in [0.15, 0.2) is 11.0 Å². The molecule has 0 N–H and O–H groups in total. The number of halogens is 2. The molecule has 0 aromatic rings. The summed E-state index contributed by atoms with van der Waals surface area (Å²) in [6.07, 6.45) is 5.72. The molecular formula is C11H22Br2N2O. The summed E-state index contributed by atoms with van der Waals surface area (Å²) in [5.41, 5.74) is 0. The van der Waals surface area contributed by atoms with Crippen LogP contribution < -0.4 is 0 Å². The Morgan fingerprint density at radius 3 is 2.31 bits per heavy atom. The van der Waals surface area contributed by atoms with Gasteiger partial charge in [-0.15, -0.1) is 0 Å². The van der Waals surface area contributed by atoms with Gasteiger partial charge in [0.1, 0.15) is 0 Å². The van der Waals surface area contributed by atoms with E-state index in [0.717, 1.165) is 17.7 Å². The Hall–Kier alpha value is 0.360. The Labute approximate surface area is 116 Å². The molecule has 0 heterocycles. The molecule has 0 saturated carbocycles. The second kappa shape index (κ2) is 9.40. The lowest BCUT2D eigenvalue weighted by molar-refractivity contribution is -0.567. The first-order chi connectivity index (χ1) is 7.49. The lowest BCUT2D eigenvalue weighted by Crippen LogP contribution is -2.20. The largest absolute Gasteiger partial charge is 0.600 e. The van der Waals surface area contributed by atoms with E-state index in [0.29, 0.717) is 0 Å². The van der Waals surface area contributed by atoms with Crippen molar-refractivity contribution in [3.05, 3.63) is 5.21 Å². The van der Waals surface area contributed by atoms with Crippen molar-refractivity contribution in [3.63, 3.8) is 0 Å². The van der Waals surface area contributed by atoms with Crippen LogP contribution in [0.5, 0.6) is 0 Å². The Morgan fingerprint density at radius 1 is 1.19 bits per heavy atom. The number of hydrogen-bond donors (Lipinski definition) is 0. The molecule has 0 aliphatic rings. The van der Waals surface area contributed by atoms with Gasteiger partial charge in [-0.25, -0.2) is 0 Å². The number of unbranched alkanes of at least 4 members (excludes halogenated alkanes) is 3. The first kappa shape index (κ1) is 16.4. The van der Waals surface area contributed by atoms with Crippen LogP contribution in [0.4, 0.5) is 0 Å². The minimum atomic E-state index is -0.150. The summed E-state index contributed by atoms with van der Waals surface area (Å²) in [5, 5.41) is 15.6. The van der Waals surface area contributed by atoms with Gasteiger partial charge >= 0.3 is 0 Å². The molecule has 0 fully saturated rings. The lowest BCUT2D eigenvalue weighted by Gasteiger charge is -2.12. The highest BCUT2D eigenvalue weighted by Crippen LogP contribution is 2.16. The van der Waals surface area contributed by atoms with Gasteiger partial charge in [0.05, 0.1) is 4.83 Å². The van der Waals surface area contributed by atoms with E-state index in [-0.39, 0.29) is 15.8 Å². The van der Waals surface area contributed by atoms with Gasteiger partial charge in [-0.2, -0.15) is 0 Å². The summed E-state index contributed by atoms with van der Waals surface area (Å²) < 4.78 is 0. The van der Waals surface area contributed by atoms with Gasteiger partial charge in [0.2, 0.25) is 0 Å². The van der Waals surface area contributed by atoms with Crippen LogP contribution in [0.3, 0.4) is 0 Å². The monoisotopic (exact) mass is 356 g/mol. The number of alkyl halides is 2. The number of hydroxylamine groups is 1. The Morgan fingerprint density at radius 2 is 1.81 bits per heavy atom. The van der Waals surface area contributed by atoms with Crippen molar-refractivity contribution in [2.75, 3.05) is 0 Å². The van der Waals surface area contributed by atoms with Gasteiger partial charge in [0.25, 0.3) is 0 Å². The van der Waals surface area contributed by atoms with Crippen LogP contribution in [0.2, 0.25) is 0 Å². The van der Waals surface area contributed by atoms with Gasteiger partial charge in [0, 0.05) is 13.3 Å². The summed E-state index contributed by atoms with van der Waals surface area (Å²) in [4.78, 5) is 0.850. The molecule has 0 aromatic carbocycles. The highest BCUT2D eigenvalue weighted by molar-refractivity contribution is 9.12. The van der Waals surface area contributed by atoms with Gasteiger partial charge in [-0.1, -0.05) is 62.9 Å². The topological polar surface area (TPSA) is 38.4 Å². The van der Waals surface area contributed by atoms with Crippen molar-refractivity contribution in [1.29, 1.82) is 0 Å². The second-order valence-electron chi connectivity index (χ2n) is 4.17. The van der Waals surface area contributed by atoms with Crippen molar-refractivity contribution in [2.24, 2.45) is 5.11 Å². The van der Waals surface area contributed by atoms with Crippen LogP contribution in [-0.2, 0) is 0 Å². The third-order valence-electron chi connectivity index (χ3n) is 2.46. The van der Waals surface area contributed by atoms with Crippen LogP contribution >= 0.6 is 31.9 Å². The molecule has 0 aromatic heterocycles. The molecule has 3 unspecified atom stereocenters. The minimum absolute atomic E-state index is 0.0249. The average molecular weight is 358 g/mol. The highest BCUT2D eigenvalue weighted by atomic mass is 79.9. The van der Waals surface area contributed by atoms with Crippen LogP contribution in [0, 0.1) is 5.21 Å². The maximum atomic E-state index is 11.6. The third-order valence-corrected chi connectivity index (χ3v) is 4.64. The molecule has 0 radical (unpaired) electrons. The molecular weight excluding hydrogens is 336 g/mol. The van der Waals surface area contributed by atoms with Crippen molar-refractivity contribution in [3.8, 4) is 0 Å². The quantitative estimate of drug-likeness (QED) is 0.153. The molecule has 96 valence electrons. The minimum Gasteiger partial charge on any atom is -0.600 e. The molecule has 0 aliphatic carbocycles. The summed E-state index contributed by atoms with van der Waals surface area (Å²) in [6, 6.07) is -0.0249. The van der Waals surface area contributed by atoms with Gasteiger partial charge in [-0.05, 0) is 18.5 Å². The number of hydrogen-bond acceptors (Lipinski definition) is 2. The Balaban J connectivity index is 3.92. The molecule has 0 aliphatic heterocycles. The van der Waals surface area contributed by atoms with E-state index >= 15 is 0 Å². The fraction of sp³-hybridized carbons (Fsp3) is 1.00. The molecule has 5 heteroatoms. The maximum absolute atomic E-state index is 11.6. The number of nitrogens with zero attached hydrogens (tertiary/aromatic N) is 2. The molecule has 3 atom stereocenters. The maximum Gasteiger partial charge on any atom is 0.187 e. The Bertz CT molecular complexity index is 210. The highest BCUT2D eigenvalue weighted by Gasteiger charge is 2.16. The molecule has 3 nitrogen and oxygen atoms in total. The van der Waals surface area contributed by atoms with E-state index in [2.05, 4.69) is 43.9 Å². The van der Waals surface area contributed by atoms with Gasteiger partial charge in [-0.3, -0.25) is 0 Å². The van der Waals surface area contributed by atoms with Crippen LogP contribution in [0.25, 0.3) is 0 Å². The van der Waals surface area contributed by atoms with E-state index < -0.39 is 0 Å². The van der Waals surface area contributed by atoms with E-state index in [1.54, 1.807) is 0 Å². The van der Waals surface area contributed by atoms with Gasteiger partial charge < -0.3 is 5.21 Å². The van der Waals surface area contributed by atoms with Crippen molar-refractivity contribution in [1.82, 2.24) is 0 Å². The first-order valence-corrected chi connectivity index (χ1v) is 7.77. The normalized spacial score (nSPS) is 18.2. The summed E-state index contributed by atoms with van der Waals surface area (Å²) in [5.74, 6) is 0. The predicted molar refractivity (Wildman–Crippen MR) is 75.4 cm³/mol. The SMILES string of the molecule is CCCCCCC(C)[N+]([O-])=NC(Br)C(C)Br. The molecule has 0 bridgehead atoms. The van der Waals surface area contributed by atoms with Crippen molar-refractivity contribution < 1.29 is 4.86 Å². The standard InChI is InChI=1S/C11H22Br2N2O/c1-4-5-6-7-8-9(2)15(16)14-11(13)10(3)12/h9-11H,4-8H2,1-3H3. The first-order valence-electron chi connectivity index (χ1n) is 5.94. The summed E-state index contributed by atoms with van der Waals surface area (Å²) >= 11 is 6.73. The third kappa shape index (κ3) is 7.60. The fourth-order valence-electron chi connectivity index (χ4n) is 1.29. The zero-order chi connectivity index (χ0) is 12.6. The predicted octanol–water partition coefficient (Wildman–Crippen LogP) is 4.81. The van der Waals surface area contributed by atoms with Crippen molar-refractivity contribution >= 4 is 31.9 Å². The lowest BCUT2D eigenvalue weighted by atomic mass is 10.1. The second-order valence-corrected chi connectivity index (χ2v) is 6.55. The number of azo groups is 1. The summed E-state index contributed by atoms with van der Waals surface area (Å²) in [6.45, 7) is 6.08. The van der Waals surface area contributed by atoms with E-state index in [9.17, 15) is 5.21 Å². The number of rotatable bonds is 8. The Kier molecular flexibility index (Phi) is 9.61. The van der Waals surface area contributed by atoms with E-state index in [1.807, 2.05) is 13.8 Å². The van der Waals surface area contributed by atoms with E-state index in [4.69, 9.17) is 0 Å². The molecule has 0 amide bonds. The smallest absolute Gasteiger partial charge is 0.187 e. The zero-order valence-electron chi connectivity index (χ0n) is 10.3. The van der Waals surface area contributed by atoms with Crippen molar-refractivity contribution in [2.45, 2.75) is 68.7 Å². The van der Waals surface area contributed by atoms with Crippen LogP contribution in [0.15, 0.2) is 5.11 Å². The van der Waals surface area contributed by atoms with E-state index in [1.165, 1.54) is 19.3 Å². The molecule has 0 saturated heterocycles. The van der Waals surface area contributed by atoms with Crippen LogP contribution in [-0.4, -0.2) is 20.7 Å². The average Bonchev–Trinajstić information content (AvgIpc) is 2.23. The van der Waals surface area contributed by atoms with Crippen LogP contribution in [0.1, 0.15) is 52.9 Å². The molecule has 0 rings (SSSR count). The zero-order valence-corrected chi connectivity index (χ0v) is 13.5. The summed E-state index contributed by atoms with van der Waals surface area (Å²) in [7, 11) is 0. The fourth-order valence-corrected chi connectivity index (χ4v) is 1.58. The molecule has 16 heavy (non-hydrogen) atoms.